The molecule has 0 fully saturated rings. The highest BCUT2D eigenvalue weighted by molar-refractivity contribution is 14.0. The Labute approximate surface area is 183 Å². The van der Waals surface area contributed by atoms with Gasteiger partial charge in [0, 0.05) is 18.7 Å². The molecule has 1 atom stereocenters. The Hall–Kier alpha value is -2.35. The molecule has 0 saturated heterocycles. The van der Waals surface area contributed by atoms with Crippen molar-refractivity contribution >= 4 is 29.9 Å². The molecule has 1 unspecified atom stereocenters. The first-order valence-electron chi connectivity index (χ1n) is 9.25. The van der Waals surface area contributed by atoms with Gasteiger partial charge in [-0.05, 0) is 37.5 Å². The molecule has 0 bridgehead atoms. The van der Waals surface area contributed by atoms with Crippen LogP contribution >= 0.6 is 24.0 Å². The topological polar surface area (TPSA) is 62.5 Å². The van der Waals surface area contributed by atoms with E-state index in [0.29, 0.717) is 18.5 Å². The Bertz CT molecular complexity index is 849. The molecule has 148 valence electrons. The Balaban J connectivity index is 0.00000280. The minimum atomic E-state index is 0. The standard InChI is InChI=1S/C22H26N4O.HI/c1-17(13-14-18-9-5-3-6-10-18)25-22(23-2)24-15-20-16-27-21(26-20)19-11-7-4-8-12-19;/h3-12,16-17H,13-15H2,1-2H3,(H2,23,24,25);1H. The van der Waals surface area contributed by atoms with Crippen molar-refractivity contribution < 1.29 is 4.42 Å². The number of hydrogen-bond donors (Lipinski definition) is 2. The van der Waals surface area contributed by atoms with Crippen LogP contribution in [0.25, 0.3) is 11.5 Å². The third kappa shape index (κ3) is 6.67. The van der Waals surface area contributed by atoms with Crippen LogP contribution in [0, 0.1) is 0 Å². The molecule has 0 saturated carbocycles. The summed E-state index contributed by atoms with van der Waals surface area (Å²) in [5.74, 6) is 1.39. The van der Waals surface area contributed by atoms with Crippen LogP contribution in [0.4, 0.5) is 0 Å². The second-order valence-electron chi connectivity index (χ2n) is 6.51. The number of rotatable bonds is 7. The summed E-state index contributed by atoms with van der Waals surface area (Å²) in [4.78, 5) is 8.83. The second-order valence-corrected chi connectivity index (χ2v) is 6.51. The van der Waals surface area contributed by atoms with Crippen LogP contribution in [0.5, 0.6) is 0 Å². The van der Waals surface area contributed by atoms with Gasteiger partial charge in [-0.15, -0.1) is 24.0 Å². The van der Waals surface area contributed by atoms with Gasteiger partial charge in [-0.1, -0.05) is 48.5 Å². The lowest BCUT2D eigenvalue weighted by molar-refractivity contribution is 0.571. The number of nitrogens with zero attached hydrogens (tertiary/aromatic N) is 2. The molecule has 0 spiro atoms. The first kappa shape index (κ1) is 21.9. The lowest BCUT2D eigenvalue weighted by Crippen LogP contribution is -2.42. The van der Waals surface area contributed by atoms with Crippen LogP contribution < -0.4 is 10.6 Å². The number of aliphatic imine (C=N–C) groups is 1. The lowest BCUT2D eigenvalue weighted by atomic mass is 10.1. The third-order valence-corrected chi connectivity index (χ3v) is 4.33. The van der Waals surface area contributed by atoms with Gasteiger partial charge in [0.25, 0.3) is 0 Å². The molecule has 0 aliphatic rings. The Morgan fingerprint density at radius 1 is 1.07 bits per heavy atom. The average molecular weight is 490 g/mol. The number of nitrogens with one attached hydrogen (secondary N) is 2. The van der Waals surface area contributed by atoms with Gasteiger partial charge in [0.15, 0.2) is 5.96 Å². The van der Waals surface area contributed by atoms with Crippen molar-refractivity contribution in [3.05, 3.63) is 78.2 Å². The first-order valence-corrected chi connectivity index (χ1v) is 9.25. The summed E-state index contributed by atoms with van der Waals surface area (Å²) in [6.07, 6.45) is 3.75. The van der Waals surface area contributed by atoms with Gasteiger partial charge in [-0.2, -0.15) is 0 Å². The van der Waals surface area contributed by atoms with Crippen molar-refractivity contribution in [2.45, 2.75) is 32.4 Å². The SMILES string of the molecule is CN=C(NCc1coc(-c2ccccc2)n1)NC(C)CCc1ccccc1.I. The van der Waals surface area contributed by atoms with Crippen molar-refractivity contribution in [3.8, 4) is 11.5 Å². The Morgan fingerprint density at radius 2 is 1.75 bits per heavy atom. The monoisotopic (exact) mass is 490 g/mol. The molecule has 0 amide bonds. The normalized spacial score (nSPS) is 12.1. The van der Waals surface area contributed by atoms with Crippen LogP contribution in [0.3, 0.4) is 0 Å². The molecule has 1 aromatic heterocycles. The van der Waals surface area contributed by atoms with E-state index in [1.54, 1.807) is 13.3 Å². The van der Waals surface area contributed by atoms with Crippen LogP contribution in [0.2, 0.25) is 0 Å². The smallest absolute Gasteiger partial charge is 0.226 e. The Morgan fingerprint density at radius 3 is 2.43 bits per heavy atom. The predicted octanol–water partition coefficient (Wildman–Crippen LogP) is 4.65. The zero-order chi connectivity index (χ0) is 18.9. The molecule has 3 aromatic rings. The van der Waals surface area contributed by atoms with Gasteiger partial charge in [0.05, 0.1) is 12.2 Å². The molecule has 0 aliphatic carbocycles. The summed E-state index contributed by atoms with van der Waals surface area (Å²) in [5.41, 5.74) is 3.17. The number of aromatic nitrogens is 1. The van der Waals surface area contributed by atoms with E-state index in [2.05, 4.69) is 51.8 Å². The van der Waals surface area contributed by atoms with Crippen LogP contribution in [0.1, 0.15) is 24.6 Å². The van der Waals surface area contributed by atoms with E-state index in [9.17, 15) is 0 Å². The Kier molecular flexibility index (Phi) is 9.00. The second kappa shape index (κ2) is 11.5. The fourth-order valence-electron chi connectivity index (χ4n) is 2.80. The number of halogens is 1. The zero-order valence-corrected chi connectivity index (χ0v) is 18.6. The quantitative estimate of drug-likeness (QED) is 0.288. The average Bonchev–Trinajstić information content (AvgIpc) is 3.20. The van der Waals surface area contributed by atoms with Crippen molar-refractivity contribution in [1.82, 2.24) is 15.6 Å². The summed E-state index contributed by atoms with van der Waals surface area (Å²) < 4.78 is 5.57. The van der Waals surface area contributed by atoms with E-state index in [0.717, 1.165) is 30.1 Å². The number of guanidine groups is 1. The van der Waals surface area contributed by atoms with Gasteiger partial charge < -0.3 is 15.1 Å². The molecule has 0 aliphatic heterocycles. The molecule has 2 N–H and O–H groups in total. The van der Waals surface area contributed by atoms with Crippen molar-refractivity contribution in [1.29, 1.82) is 0 Å². The predicted molar refractivity (Wildman–Crippen MR) is 125 cm³/mol. The van der Waals surface area contributed by atoms with Crippen molar-refractivity contribution in [3.63, 3.8) is 0 Å². The summed E-state index contributed by atoms with van der Waals surface area (Å²) in [6.45, 7) is 2.72. The first-order chi connectivity index (χ1) is 13.2. The molecule has 2 aromatic carbocycles. The maximum atomic E-state index is 5.57. The highest BCUT2D eigenvalue weighted by Gasteiger charge is 2.09. The largest absolute Gasteiger partial charge is 0.444 e. The fraction of sp³-hybridized carbons (Fsp3) is 0.273. The van der Waals surface area contributed by atoms with Crippen LogP contribution in [0.15, 0.2) is 76.3 Å². The molecule has 1 heterocycles. The van der Waals surface area contributed by atoms with Crippen LogP contribution in [-0.2, 0) is 13.0 Å². The third-order valence-electron chi connectivity index (χ3n) is 4.33. The van der Waals surface area contributed by atoms with Gasteiger partial charge in [-0.25, -0.2) is 4.98 Å². The lowest BCUT2D eigenvalue weighted by Gasteiger charge is -2.17. The van der Waals surface area contributed by atoms with E-state index in [-0.39, 0.29) is 24.0 Å². The van der Waals surface area contributed by atoms with Gasteiger partial charge in [-0.3, -0.25) is 4.99 Å². The molecule has 28 heavy (non-hydrogen) atoms. The molecule has 0 radical (unpaired) electrons. The fourth-order valence-corrected chi connectivity index (χ4v) is 2.80. The molecular weight excluding hydrogens is 463 g/mol. The van der Waals surface area contributed by atoms with E-state index in [1.165, 1.54) is 5.56 Å². The van der Waals surface area contributed by atoms with Crippen molar-refractivity contribution in [2.24, 2.45) is 4.99 Å². The van der Waals surface area contributed by atoms with E-state index < -0.39 is 0 Å². The van der Waals surface area contributed by atoms with Crippen molar-refractivity contribution in [2.75, 3.05) is 7.05 Å². The zero-order valence-electron chi connectivity index (χ0n) is 16.3. The molecule has 6 heteroatoms. The number of oxazole rings is 1. The van der Waals surface area contributed by atoms with E-state index in [4.69, 9.17) is 4.42 Å². The maximum absolute atomic E-state index is 5.57. The minimum absolute atomic E-state index is 0. The highest BCUT2D eigenvalue weighted by atomic mass is 127. The minimum Gasteiger partial charge on any atom is -0.444 e. The molecule has 3 rings (SSSR count). The number of benzene rings is 2. The van der Waals surface area contributed by atoms with Gasteiger partial charge in [0.1, 0.15) is 6.26 Å². The van der Waals surface area contributed by atoms with E-state index >= 15 is 0 Å². The summed E-state index contributed by atoms with van der Waals surface area (Å²) in [7, 11) is 1.78. The summed E-state index contributed by atoms with van der Waals surface area (Å²) >= 11 is 0. The molecular formula is C22H27IN4O. The van der Waals surface area contributed by atoms with Crippen LogP contribution in [-0.4, -0.2) is 24.0 Å². The highest BCUT2D eigenvalue weighted by Crippen LogP contribution is 2.17. The summed E-state index contributed by atoms with van der Waals surface area (Å²) in [6, 6.07) is 20.7. The van der Waals surface area contributed by atoms with E-state index in [1.807, 2.05) is 36.4 Å². The van der Waals surface area contributed by atoms with Gasteiger partial charge >= 0.3 is 0 Å². The summed E-state index contributed by atoms with van der Waals surface area (Å²) in [5, 5.41) is 6.72. The maximum Gasteiger partial charge on any atom is 0.226 e. The molecule has 5 nitrogen and oxygen atoms in total. The van der Waals surface area contributed by atoms with Gasteiger partial charge in [0.2, 0.25) is 5.89 Å². The number of hydrogen-bond acceptors (Lipinski definition) is 3. The number of aryl methyl sites for hydroxylation is 1.